The van der Waals surface area contributed by atoms with Crippen molar-refractivity contribution in [3.8, 4) is 11.5 Å². The zero-order chi connectivity index (χ0) is 16.2. The van der Waals surface area contributed by atoms with Crippen LogP contribution in [0.15, 0.2) is 29.3 Å². The van der Waals surface area contributed by atoms with Crippen molar-refractivity contribution in [2.75, 3.05) is 27.2 Å². The number of para-hydroxylation sites is 2. The first-order chi connectivity index (χ1) is 10.7. The Morgan fingerprint density at radius 3 is 2.55 bits per heavy atom. The molecule has 0 saturated carbocycles. The van der Waals surface area contributed by atoms with Gasteiger partial charge in [0.05, 0.1) is 13.7 Å². The first-order valence-corrected chi connectivity index (χ1v) is 7.95. The minimum absolute atomic E-state index is 0.00509. The molecule has 0 fully saturated rings. The second-order valence-corrected chi connectivity index (χ2v) is 5.17. The summed E-state index contributed by atoms with van der Waals surface area (Å²) in [7, 11) is 3.42. The first-order valence-electron chi connectivity index (χ1n) is 7.95. The summed E-state index contributed by atoms with van der Waals surface area (Å²) in [5.41, 5.74) is 0. The molecule has 0 aliphatic heterocycles. The molecule has 124 valence electrons. The zero-order valence-corrected chi connectivity index (χ0v) is 14.2. The summed E-state index contributed by atoms with van der Waals surface area (Å²) in [6.45, 7) is 5.83. The summed E-state index contributed by atoms with van der Waals surface area (Å²) in [5, 5.41) is 6.58. The van der Waals surface area contributed by atoms with E-state index >= 15 is 0 Å². The zero-order valence-electron chi connectivity index (χ0n) is 14.2. The van der Waals surface area contributed by atoms with Crippen molar-refractivity contribution in [2.45, 2.75) is 39.2 Å². The van der Waals surface area contributed by atoms with Crippen LogP contribution in [0.3, 0.4) is 0 Å². The fourth-order valence-electron chi connectivity index (χ4n) is 2.02. The van der Waals surface area contributed by atoms with E-state index in [1.807, 2.05) is 31.2 Å². The van der Waals surface area contributed by atoms with Crippen LogP contribution in [0.4, 0.5) is 0 Å². The fourth-order valence-corrected chi connectivity index (χ4v) is 2.02. The second kappa shape index (κ2) is 10.8. The van der Waals surface area contributed by atoms with Gasteiger partial charge in [-0.3, -0.25) is 4.99 Å². The van der Waals surface area contributed by atoms with Crippen LogP contribution in [0.5, 0.6) is 11.5 Å². The molecule has 5 heteroatoms. The monoisotopic (exact) mass is 307 g/mol. The van der Waals surface area contributed by atoms with Gasteiger partial charge in [-0.25, -0.2) is 0 Å². The molecule has 1 unspecified atom stereocenters. The molecule has 0 heterocycles. The van der Waals surface area contributed by atoms with E-state index in [0.29, 0.717) is 6.54 Å². The van der Waals surface area contributed by atoms with Gasteiger partial charge in [0, 0.05) is 13.6 Å². The quantitative estimate of drug-likeness (QED) is 0.418. The average molecular weight is 307 g/mol. The highest BCUT2D eigenvalue weighted by Crippen LogP contribution is 2.26. The van der Waals surface area contributed by atoms with Gasteiger partial charge in [-0.1, -0.05) is 31.9 Å². The van der Waals surface area contributed by atoms with E-state index in [9.17, 15) is 0 Å². The van der Waals surface area contributed by atoms with E-state index in [1.54, 1.807) is 14.2 Å². The van der Waals surface area contributed by atoms with Crippen LogP contribution in [0.1, 0.15) is 33.1 Å². The molecule has 0 spiro atoms. The number of aliphatic imine (C=N–C) groups is 1. The number of rotatable bonds is 9. The van der Waals surface area contributed by atoms with Gasteiger partial charge in [-0.05, 0) is 25.5 Å². The maximum atomic E-state index is 5.90. The van der Waals surface area contributed by atoms with Gasteiger partial charge in [-0.15, -0.1) is 0 Å². The van der Waals surface area contributed by atoms with Crippen LogP contribution >= 0.6 is 0 Å². The Morgan fingerprint density at radius 1 is 1.18 bits per heavy atom. The highest BCUT2D eigenvalue weighted by molar-refractivity contribution is 5.79. The molecule has 0 aliphatic rings. The number of guanidine groups is 1. The Kier molecular flexibility index (Phi) is 8.88. The molecule has 1 aromatic carbocycles. The van der Waals surface area contributed by atoms with Gasteiger partial charge in [-0.2, -0.15) is 0 Å². The summed E-state index contributed by atoms with van der Waals surface area (Å²) in [6.07, 6.45) is 3.62. The maximum absolute atomic E-state index is 5.90. The number of methoxy groups -OCH3 is 1. The highest BCUT2D eigenvalue weighted by Gasteiger charge is 2.09. The highest BCUT2D eigenvalue weighted by atomic mass is 16.5. The van der Waals surface area contributed by atoms with Gasteiger partial charge in [0.15, 0.2) is 17.5 Å². The third-order valence-corrected chi connectivity index (χ3v) is 3.25. The van der Waals surface area contributed by atoms with Gasteiger partial charge < -0.3 is 20.1 Å². The summed E-state index contributed by atoms with van der Waals surface area (Å²) < 4.78 is 11.2. The Hall–Kier alpha value is -1.91. The third-order valence-electron chi connectivity index (χ3n) is 3.25. The number of nitrogens with zero attached hydrogens (tertiary/aromatic N) is 1. The molecule has 0 saturated heterocycles. The van der Waals surface area contributed by atoms with Crippen LogP contribution in [0, 0.1) is 0 Å². The minimum atomic E-state index is 0.00509. The Bertz CT molecular complexity index is 449. The van der Waals surface area contributed by atoms with Crippen LogP contribution in [-0.4, -0.2) is 39.3 Å². The number of benzene rings is 1. The first kappa shape index (κ1) is 18.1. The Morgan fingerprint density at radius 2 is 1.91 bits per heavy atom. The molecule has 0 aromatic heterocycles. The van der Waals surface area contributed by atoms with E-state index in [2.05, 4.69) is 22.5 Å². The minimum Gasteiger partial charge on any atom is -0.493 e. The largest absolute Gasteiger partial charge is 0.493 e. The van der Waals surface area contributed by atoms with Crippen molar-refractivity contribution in [2.24, 2.45) is 4.99 Å². The molecular weight excluding hydrogens is 278 g/mol. The van der Waals surface area contributed by atoms with Crippen LogP contribution in [0.2, 0.25) is 0 Å². The molecule has 0 amide bonds. The van der Waals surface area contributed by atoms with Crippen molar-refractivity contribution < 1.29 is 9.47 Å². The molecule has 0 bridgehead atoms. The van der Waals surface area contributed by atoms with Crippen molar-refractivity contribution in [3.63, 3.8) is 0 Å². The molecule has 1 atom stereocenters. The van der Waals surface area contributed by atoms with Crippen molar-refractivity contribution in [1.82, 2.24) is 10.6 Å². The molecule has 0 aliphatic carbocycles. The summed E-state index contributed by atoms with van der Waals surface area (Å²) >= 11 is 0. The fraction of sp³-hybridized carbons (Fsp3) is 0.588. The lowest BCUT2D eigenvalue weighted by Gasteiger charge is -2.19. The lowest BCUT2D eigenvalue weighted by Crippen LogP contribution is -2.42. The topological polar surface area (TPSA) is 54.9 Å². The van der Waals surface area contributed by atoms with Crippen molar-refractivity contribution in [3.05, 3.63) is 24.3 Å². The van der Waals surface area contributed by atoms with Crippen LogP contribution in [0.25, 0.3) is 0 Å². The number of unbranched alkanes of at least 4 members (excludes halogenated alkanes) is 2. The third kappa shape index (κ3) is 6.70. The Labute approximate surface area is 134 Å². The molecule has 0 radical (unpaired) electrons. The lowest BCUT2D eigenvalue weighted by atomic mass is 10.2. The molecule has 2 N–H and O–H groups in total. The average Bonchev–Trinajstić information content (AvgIpc) is 2.54. The van der Waals surface area contributed by atoms with E-state index < -0.39 is 0 Å². The number of hydrogen-bond donors (Lipinski definition) is 2. The second-order valence-electron chi connectivity index (χ2n) is 5.17. The molecule has 5 nitrogen and oxygen atoms in total. The lowest BCUT2D eigenvalue weighted by molar-refractivity contribution is 0.213. The summed E-state index contributed by atoms with van der Waals surface area (Å²) in [6, 6.07) is 7.67. The molecule has 1 rings (SSSR count). The van der Waals surface area contributed by atoms with Gasteiger partial charge >= 0.3 is 0 Å². The van der Waals surface area contributed by atoms with Crippen LogP contribution < -0.4 is 20.1 Å². The number of nitrogens with one attached hydrogen (secondary N) is 2. The molecule has 1 aromatic rings. The van der Waals surface area contributed by atoms with E-state index in [0.717, 1.165) is 30.4 Å². The van der Waals surface area contributed by atoms with Gasteiger partial charge in [0.2, 0.25) is 0 Å². The SMILES string of the molecule is CCCCCNC(=NC)NCC(C)Oc1ccccc1OC. The maximum Gasteiger partial charge on any atom is 0.191 e. The summed E-state index contributed by atoms with van der Waals surface area (Å²) in [4.78, 5) is 4.21. The number of hydrogen-bond acceptors (Lipinski definition) is 3. The van der Waals surface area contributed by atoms with Gasteiger partial charge in [0.25, 0.3) is 0 Å². The predicted molar refractivity (Wildman–Crippen MR) is 92.0 cm³/mol. The van der Waals surface area contributed by atoms with Gasteiger partial charge in [0.1, 0.15) is 6.10 Å². The number of ether oxygens (including phenoxy) is 2. The van der Waals surface area contributed by atoms with E-state index in [1.165, 1.54) is 12.8 Å². The van der Waals surface area contributed by atoms with E-state index in [4.69, 9.17) is 9.47 Å². The Balaban J connectivity index is 2.36. The van der Waals surface area contributed by atoms with Crippen molar-refractivity contribution >= 4 is 5.96 Å². The van der Waals surface area contributed by atoms with Crippen LogP contribution in [-0.2, 0) is 0 Å². The molecule has 22 heavy (non-hydrogen) atoms. The predicted octanol–water partition coefficient (Wildman–Crippen LogP) is 2.82. The van der Waals surface area contributed by atoms with E-state index in [-0.39, 0.29) is 6.10 Å². The standard InChI is InChI=1S/C17H29N3O2/c1-5-6-9-12-19-17(18-3)20-13-14(2)22-16-11-8-7-10-15(16)21-4/h7-8,10-11,14H,5-6,9,12-13H2,1-4H3,(H2,18,19,20). The normalized spacial score (nSPS) is 12.6. The van der Waals surface area contributed by atoms with Crippen molar-refractivity contribution in [1.29, 1.82) is 0 Å². The summed E-state index contributed by atoms with van der Waals surface area (Å²) in [5.74, 6) is 2.31. The smallest absolute Gasteiger partial charge is 0.191 e. The molecular formula is C17H29N3O2.